The van der Waals surface area contributed by atoms with E-state index in [4.69, 9.17) is 9.47 Å². The lowest BCUT2D eigenvalue weighted by Crippen LogP contribution is -2.38. The summed E-state index contributed by atoms with van der Waals surface area (Å²) in [5.74, 6) is 0.0300. The molecule has 1 saturated heterocycles. The van der Waals surface area contributed by atoms with Gasteiger partial charge in [0.25, 0.3) is 0 Å². The minimum Gasteiger partial charge on any atom is -0.445 e. The highest BCUT2D eigenvalue weighted by atomic mass is 16.6. The van der Waals surface area contributed by atoms with Crippen molar-refractivity contribution in [2.45, 2.75) is 44.6 Å². The Morgan fingerprint density at radius 2 is 2.08 bits per heavy atom. The van der Waals surface area contributed by atoms with Crippen molar-refractivity contribution in [2.24, 2.45) is 10.9 Å². The van der Waals surface area contributed by atoms with Gasteiger partial charge in [0.2, 0.25) is 6.08 Å². The second kappa shape index (κ2) is 6.04. The van der Waals surface area contributed by atoms with Crippen molar-refractivity contribution in [1.82, 2.24) is 4.90 Å². The smallest absolute Gasteiger partial charge is 0.410 e. The predicted octanol–water partition coefficient (Wildman–Crippen LogP) is 2.53. The van der Waals surface area contributed by atoms with Gasteiger partial charge in [-0.1, -0.05) is 30.3 Å². The van der Waals surface area contributed by atoms with Crippen LogP contribution in [-0.2, 0) is 20.9 Å². The molecule has 1 saturated carbocycles. The lowest BCUT2D eigenvalue weighted by Gasteiger charge is -2.25. The van der Waals surface area contributed by atoms with Crippen LogP contribution in [0.4, 0.5) is 4.79 Å². The lowest BCUT2D eigenvalue weighted by atomic mass is 10.2. The summed E-state index contributed by atoms with van der Waals surface area (Å²) < 4.78 is 11.3. The normalized spacial score (nSPS) is 28.0. The number of ether oxygens (including phenoxy) is 2. The summed E-state index contributed by atoms with van der Waals surface area (Å²) in [4.78, 5) is 28.6. The van der Waals surface area contributed by atoms with Crippen molar-refractivity contribution in [2.75, 3.05) is 13.1 Å². The van der Waals surface area contributed by atoms with E-state index in [2.05, 4.69) is 4.99 Å². The van der Waals surface area contributed by atoms with E-state index in [0.29, 0.717) is 13.1 Å². The maximum Gasteiger partial charge on any atom is 0.410 e. The first-order chi connectivity index (χ1) is 11.4. The highest BCUT2D eigenvalue weighted by Crippen LogP contribution is 2.55. The second-order valence-corrected chi connectivity index (χ2v) is 7.37. The molecule has 1 aromatic rings. The molecule has 1 aliphatic carbocycles. The first-order valence-corrected chi connectivity index (χ1v) is 8.08. The molecular weight excluding hydrogens is 308 g/mol. The van der Waals surface area contributed by atoms with Crippen LogP contribution in [0.25, 0.3) is 0 Å². The van der Waals surface area contributed by atoms with Gasteiger partial charge in [-0.25, -0.2) is 9.59 Å². The minimum atomic E-state index is -0.652. The Morgan fingerprint density at radius 3 is 2.71 bits per heavy atom. The summed E-state index contributed by atoms with van der Waals surface area (Å²) in [6.45, 7) is 6.94. The molecule has 1 aliphatic heterocycles. The summed E-state index contributed by atoms with van der Waals surface area (Å²) in [5, 5.41) is 0. The average Bonchev–Trinajstić information content (AvgIpc) is 2.91. The number of benzene rings is 1. The van der Waals surface area contributed by atoms with Crippen molar-refractivity contribution in [3.63, 3.8) is 0 Å². The number of isocyanates is 1. The fourth-order valence-electron chi connectivity index (χ4n) is 3.32. The molecule has 0 radical (unpaired) electrons. The standard InChI is InChI=1S/C18H22N2O4/c1-17(2,3)24-15-14-9-20(11-18(14,15)19-12-21)16(22)23-10-13-7-5-4-6-8-13/h4-8,14-15H,9-11H2,1-3H3. The molecular formula is C18H22N2O4. The number of carbonyl (C=O) groups excluding carboxylic acids is 2. The van der Waals surface area contributed by atoms with E-state index in [0.717, 1.165) is 5.56 Å². The number of hydrogen-bond donors (Lipinski definition) is 0. The van der Waals surface area contributed by atoms with E-state index < -0.39 is 5.54 Å². The lowest BCUT2D eigenvalue weighted by molar-refractivity contribution is -0.0365. The van der Waals surface area contributed by atoms with Gasteiger partial charge >= 0.3 is 6.09 Å². The summed E-state index contributed by atoms with van der Waals surface area (Å²) >= 11 is 0. The first kappa shape index (κ1) is 16.7. The fraction of sp³-hybridized carbons (Fsp3) is 0.556. The molecule has 0 N–H and O–H groups in total. The maximum atomic E-state index is 12.2. The molecule has 3 rings (SSSR count). The number of rotatable bonds is 4. The Morgan fingerprint density at radius 1 is 1.38 bits per heavy atom. The molecule has 128 valence electrons. The third-order valence-corrected chi connectivity index (χ3v) is 4.45. The van der Waals surface area contributed by atoms with Gasteiger partial charge in [-0.3, -0.25) is 0 Å². The van der Waals surface area contributed by atoms with Crippen LogP contribution in [0.1, 0.15) is 26.3 Å². The Bertz CT molecular complexity index is 663. The average molecular weight is 330 g/mol. The van der Waals surface area contributed by atoms with Crippen LogP contribution < -0.4 is 0 Å². The van der Waals surface area contributed by atoms with Crippen LogP contribution in [-0.4, -0.2) is 47.4 Å². The van der Waals surface area contributed by atoms with Crippen LogP contribution in [0.3, 0.4) is 0 Å². The summed E-state index contributed by atoms with van der Waals surface area (Å²) in [6, 6.07) is 9.52. The number of aliphatic imine (C=N–C) groups is 1. The van der Waals surface area contributed by atoms with E-state index in [1.54, 1.807) is 11.0 Å². The van der Waals surface area contributed by atoms with Crippen molar-refractivity contribution in [3.8, 4) is 0 Å². The van der Waals surface area contributed by atoms with Crippen LogP contribution in [0.15, 0.2) is 35.3 Å². The SMILES string of the molecule is CC(C)(C)OC1C2CN(C(=O)OCc3ccccc3)CC21N=C=O. The third kappa shape index (κ3) is 3.21. The Kier molecular flexibility index (Phi) is 4.20. The van der Waals surface area contributed by atoms with E-state index >= 15 is 0 Å². The molecule has 0 spiro atoms. The molecule has 1 heterocycles. The van der Waals surface area contributed by atoms with E-state index in [-0.39, 0.29) is 30.3 Å². The molecule has 3 atom stereocenters. The largest absolute Gasteiger partial charge is 0.445 e. The number of amides is 1. The molecule has 6 nitrogen and oxygen atoms in total. The van der Waals surface area contributed by atoms with E-state index in [9.17, 15) is 9.59 Å². The molecule has 1 aromatic carbocycles. The van der Waals surface area contributed by atoms with Gasteiger partial charge in [0.15, 0.2) is 0 Å². The van der Waals surface area contributed by atoms with Crippen LogP contribution in [0, 0.1) is 5.92 Å². The molecule has 2 aliphatic rings. The zero-order valence-electron chi connectivity index (χ0n) is 14.2. The Hall–Kier alpha value is -2.17. The fourth-order valence-corrected chi connectivity index (χ4v) is 3.32. The highest BCUT2D eigenvalue weighted by molar-refractivity contribution is 5.69. The summed E-state index contributed by atoms with van der Waals surface area (Å²) in [6.07, 6.45) is 1.11. The molecule has 6 heteroatoms. The van der Waals surface area contributed by atoms with Gasteiger partial charge in [-0.2, -0.15) is 4.99 Å². The summed E-state index contributed by atoms with van der Waals surface area (Å²) in [7, 11) is 0. The molecule has 24 heavy (non-hydrogen) atoms. The van der Waals surface area contributed by atoms with Gasteiger partial charge in [0, 0.05) is 12.5 Å². The second-order valence-electron chi connectivity index (χ2n) is 7.37. The van der Waals surface area contributed by atoms with Gasteiger partial charge in [-0.05, 0) is 26.3 Å². The van der Waals surface area contributed by atoms with Crippen molar-refractivity contribution in [1.29, 1.82) is 0 Å². The zero-order valence-corrected chi connectivity index (χ0v) is 14.2. The molecule has 0 aromatic heterocycles. The number of likely N-dealkylation sites (tertiary alicyclic amines) is 1. The van der Waals surface area contributed by atoms with Gasteiger partial charge in [0.05, 0.1) is 18.2 Å². The number of hydrogen-bond acceptors (Lipinski definition) is 5. The predicted molar refractivity (Wildman–Crippen MR) is 87.2 cm³/mol. The van der Waals surface area contributed by atoms with Crippen molar-refractivity contribution in [3.05, 3.63) is 35.9 Å². The first-order valence-electron chi connectivity index (χ1n) is 8.08. The molecule has 0 bridgehead atoms. The third-order valence-electron chi connectivity index (χ3n) is 4.45. The highest BCUT2D eigenvalue weighted by Gasteiger charge is 2.73. The van der Waals surface area contributed by atoms with E-state index in [1.165, 1.54) is 0 Å². The number of piperidine rings is 1. The summed E-state index contributed by atoms with van der Waals surface area (Å²) in [5.41, 5.74) is -0.0374. The molecule has 2 fully saturated rings. The van der Waals surface area contributed by atoms with E-state index in [1.807, 2.05) is 51.1 Å². The Balaban J connectivity index is 1.59. The van der Waals surface area contributed by atoms with Crippen LogP contribution >= 0.6 is 0 Å². The zero-order chi connectivity index (χ0) is 17.4. The van der Waals surface area contributed by atoms with Gasteiger partial charge in [-0.15, -0.1) is 0 Å². The van der Waals surface area contributed by atoms with Gasteiger partial charge in [0.1, 0.15) is 12.1 Å². The Labute approximate surface area is 141 Å². The van der Waals surface area contributed by atoms with Crippen LogP contribution in [0.5, 0.6) is 0 Å². The van der Waals surface area contributed by atoms with Crippen LogP contribution in [0.2, 0.25) is 0 Å². The van der Waals surface area contributed by atoms with Crippen molar-refractivity contribution < 1.29 is 19.1 Å². The minimum absolute atomic E-state index is 0.0300. The maximum absolute atomic E-state index is 12.2. The monoisotopic (exact) mass is 330 g/mol. The molecule has 1 amide bonds. The van der Waals surface area contributed by atoms with Gasteiger partial charge < -0.3 is 14.4 Å². The number of nitrogens with zero attached hydrogens (tertiary/aromatic N) is 2. The quantitative estimate of drug-likeness (QED) is 0.628. The number of carbonyl (C=O) groups is 1. The topological polar surface area (TPSA) is 68.2 Å². The van der Waals surface area contributed by atoms with Crippen molar-refractivity contribution >= 4 is 12.2 Å². The molecule has 3 unspecified atom stereocenters. The number of fused-ring (bicyclic) bond motifs is 1.